The Morgan fingerprint density at radius 1 is 1.38 bits per heavy atom. The summed E-state index contributed by atoms with van der Waals surface area (Å²) in [6.45, 7) is 7.58. The standard InChI is InChI=1S/C16H25N3O2/c1-12-3-4-14-13(2)19(8-7-18(12)14)15(20)16(11-17)5-9-21-10-6-16/h3-4,13H,5-11,17H2,1-2H3. The maximum absolute atomic E-state index is 13.1. The van der Waals surface area contributed by atoms with Crippen LogP contribution in [0, 0.1) is 12.3 Å². The van der Waals surface area contributed by atoms with Crippen molar-refractivity contribution in [2.75, 3.05) is 26.3 Å². The van der Waals surface area contributed by atoms with Crippen molar-refractivity contribution in [3.8, 4) is 0 Å². The summed E-state index contributed by atoms with van der Waals surface area (Å²) in [5, 5.41) is 0. The largest absolute Gasteiger partial charge is 0.381 e. The fraction of sp³-hybridized carbons (Fsp3) is 0.688. The van der Waals surface area contributed by atoms with Crippen molar-refractivity contribution in [2.24, 2.45) is 11.1 Å². The van der Waals surface area contributed by atoms with Gasteiger partial charge in [0, 0.05) is 44.2 Å². The number of ether oxygens (including phenoxy) is 1. The minimum Gasteiger partial charge on any atom is -0.381 e. The molecule has 3 rings (SSSR count). The summed E-state index contributed by atoms with van der Waals surface area (Å²) in [5.41, 5.74) is 8.06. The summed E-state index contributed by atoms with van der Waals surface area (Å²) in [7, 11) is 0. The van der Waals surface area contributed by atoms with Gasteiger partial charge in [-0.2, -0.15) is 0 Å². The van der Waals surface area contributed by atoms with Gasteiger partial charge in [0.2, 0.25) is 5.91 Å². The first-order valence-electron chi connectivity index (χ1n) is 7.84. The molecule has 0 aliphatic carbocycles. The first-order chi connectivity index (χ1) is 10.1. The molecule has 0 aromatic carbocycles. The average Bonchev–Trinajstić information content (AvgIpc) is 2.90. The molecule has 5 heteroatoms. The van der Waals surface area contributed by atoms with E-state index in [0.29, 0.717) is 19.8 Å². The number of nitrogens with two attached hydrogens (primary N) is 1. The first-order valence-corrected chi connectivity index (χ1v) is 7.84. The van der Waals surface area contributed by atoms with E-state index in [4.69, 9.17) is 10.5 Å². The van der Waals surface area contributed by atoms with Crippen LogP contribution < -0.4 is 5.73 Å². The Morgan fingerprint density at radius 3 is 2.76 bits per heavy atom. The third-order valence-corrected chi connectivity index (χ3v) is 5.25. The van der Waals surface area contributed by atoms with Crippen molar-refractivity contribution in [3.63, 3.8) is 0 Å². The maximum atomic E-state index is 13.1. The van der Waals surface area contributed by atoms with Gasteiger partial charge in [0.05, 0.1) is 11.5 Å². The highest BCUT2D eigenvalue weighted by molar-refractivity contribution is 5.83. The van der Waals surface area contributed by atoms with Crippen LogP contribution in [0.5, 0.6) is 0 Å². The van der Waals surface area contributed by atoms with Crippen LogP contribution in [0.15, 0.2) is 12.1 Å². The SMILES string of the molecule is Cc1ccc2n1CCN(C(=O)C1(CN)CCOCC1)C2C. The van der Waals surface area contributed by atoms with Crippen LogP contribution in [-0.4, -0.2) is 41.7 Å². The highest BCUT2D eigenvalue weighted by Gasteiger charge is 2.43. The van der Waals surface area contributed by atoms with Gasteiger partial charge in [-0.15, -0.1) is 0 Å². The van der Waals surface area contributed by atoms with E-state index in [-0.39, 0.29) is 11.9 Å². The molecule has 0 radical (unpaired) electrons. The first kappa shape index (κ1) is 14.6. The molecule has 116 valence electrons. The molecule has 0 spiro atoms. The number of hydrogen-bond donors (Lipinski definition) is 1. The van der Waals surface area contributed by atoms with Crippen LogP contribution in [0.1, 0.15) is 37.2 Å². The third-order valence-electron chi connectivity index (χ3n) is 5.25. The second-order valence-corrected chi connectivity index (χ2v) is 6.32. The lowest BCUT2D eigenvalue weighted by Gasteiger charge is -2.43. The Hall–Kier alpha value is -1.33. The molecule has 5 nitrogen and oxygen atoms in total. The molecule has 2 aliphatic heterocycles. The molecule has 0 saturated carbocycles. The summed E-state index contributed by atoms with van der Waals surface area (Å²) in [4.78, 5) is 15.1. The molecule has 3 heterocycles. The van der Waals surface area contributed by atoms with Gasteiger partial charge >= 0.3 is 0 Å². The van der Waals surface area contributed by atoms with Crippen molar-refractivity contribution in [3.05, 3.63) is 23.5 Å². The number of amides is 1. The highest BCUT2D eigenvalue weighted by atomic mass is 16.5. The van der Waals surface area contributed by atoms with Crippen LogP contribution in [-0.2, 0) is 16.1 Å². The monoisotopic (exact) mass is 291 g/mol. The number of rotatable bonds is 2. The maximum Gasteiger partial charge on any atom is 0.230 e. The fourth-order valence-electron chi connectivity index (χ4n) is 3.67. The van der Waals surface area contributed by atoms with Crippen LogP contribution in [0.3, 0.4) is 0 Å². The molecular weight excluding hydrogens is 266 g/mol. The Bertz CT molecular complexity index is 532. The van der Waals surface area contributed by atoms with Gasteiger partial charge < -0.3 is 19.9 Å². The van der Waals surface area contributed by atoms with Crippen molar-refractivity contribution < 1.29 is 9.53 Å². The molecule has 1 aromatic heterocycles. The minimum absolute atomic E-state index is 0.117. The Kier molecular flexibility index (Phi) is 3.80. The smallest absolute Gasteiger partial charge is 0.230 e. The zero-order chi connectivity index (χ0) is 15.0. The summed E-state index contributed by atoms with van der Waals surface area (Å²) < 4.78 is 7.73. The molecule has 1 fully saturated rings. The predicted octanol–water partition coefficient (Wildman–Crippen LogP) is 1.46. The number of hydrogen-bond acceptors (Lipinski definition) is 3. The molecule has 1 aromatic rings. The highest BCUT2D eigenvalue weighted by Crippen LogP contribution is 2.36. The van der Waals surface area contributed by atoms with Crippen molar-refractivity contribution in [1.82, 2.24) is 9.47 Å². The molecular formula is C16H25N3O2. The lowest BCUT2D eigenvalue weighted by molar-refractivity contribution is -0.150. The summed E-state index contributed by atoms with van der Waals surface area (Å²) >= 11 is 0. The van der Waals surface area contributed by atoms with Crippen LogP contribution in [0.2, 0.25) is 0 Å². The molecule has 1 saturated heterocycles. The van der Waals surface area contributed by atoms with E-state index in [0.717, 1.165) is 25.9 Å². The zero-order valence-corrected chi connectivity index (χ0v) is 13.0. The third kappa shape index (κ3) is 2.28. The number of nitrogens with zero attached hydrogens (tertiary/aromatic N) is 2. The molecule has 1 unspecified atom stereocenters. The molecule has 21 heavy (non-hydrogen) atoms. The van der Waals surface area contributed by atoms with E-state index in [1.54, 1.807) is 0 Å². The summed E-state index contributed by atoms with van der Waals surface area (Å²) in [6, 6.07) is 4.39. The van der Waals surface area contributed by atoms with E-state index in [1.807, 2.05) is 4.90 Å². The Morgan fingerprint density at radius 2 is 2.10 bits per heavy atom. The molecule has 1 amide bonds. The zero-order valence-electron chi connectivity index (χ0n) is 13.0. The van der Waals surface area contributed by atoms with Crippen molar-refractivity contribution in [1.29, 1.82) is 0 Å². The average molecular weight is 291 g/mol. The van der Waals surface area contributed by atoms with Gasteiger partial charge in [-0.3, -0.25) is 4.79 Å². The number of carbonyl (C=O) groups excluding carboxylic acids is 1. The number of aromatic nitrogens is 1. The number of aryl methyl sites for hydroxylation is 1. The van der Waals surface area contributed by atoms with Crippen LogP contribution in [0.4, 0.5) is 0 Å². The molecule has 2 N–H and O–H groups in total. The summed E-state index contributed by atoms with van der Waals surface area (Å²) in [5.74, 6) is 0.214. The van der Waals surface area contributed by atoms with Crippen LogP contribution >= 0.6 is 0 Å². The minimum atomic E-state index is -0.420. The fourth-order valence-corrected chi connectivity index (χ4v) is 3.67. The van der Waals surface area contributed by atoms with E-state index >= 15 is 0 Å². The lowest BCUT2D eigenvalue weighted by Crippen LogP contribution is -2.53. The quantitative estimate of drug-likeness (QED) is 0.897. The topological polar surface area (TPSA) is 60.5 Å². The predicted molar refractivity (Wildman–Crippen MR) is 80.8 cm³/mol. The van der Waals surface area contributed by atoms with Gasteiger partial charge in [-0.1, -0.05) is 0 Å². The van der Waals surface area contributed by atoms with E-state index in [2.05, 4.69) is 30.5 Å². The molecule has 2 aliphatic rings. The normalized spacial score (nSPS) is 24.7. The van der Waals surface area contributed by atoms with Crippen molar-refractivity contribution >= 4 is 5.91 Å². The van der Waals surface area contributed by atoms with Gasteiger partial charge in [0.1, 0.15) is 0 Å². The van der Waals surface area contributed by atoms with Gasteiger partial charge in [-0.25, -0.2) is 0 Å². The number of carbonyl (C=O) groups is 1. The van der Waals surface area contributed by atoms with Gasteiger partial charge in [0.15, 0.2) is 0 Å². The van der Waals surface area contributed by atoms with E-state index < -0.39 is 5.41 Å². The second-order valence-electron chi connectivity index (χ2n) is 6.32. The van der Waals surface area contributed by atoms with Gasteiger partial charge in [0.25, 0.3) is 0 Å². The number of fused-ring (bicyclic) bond motifs is 1. The van der Waals surface area contributed by atoms with E-state index in [9.17, 15) is 4.79 Å². The Balaban J connectivity index is 1.85. The van der Waals surface area contributed by atoms with Gasteiger partial charge in [-0.05, 0) is 38.8 Å². The second kappa shape index (κ2) is 5.46. The molecule has 1 atom stereocenters. The lowest BCUT2D eigenvalue weighted by atomic mass is 9.78. The summed E-state index contributed by atoms with van der Waals surface area (Å²) in [6.07, 6.45) is 1.48. The van der Waals surface area contributed by atoms with Crippen molar-refractivity contribution in [2.45, 2.75) is 39.3 Å². The van der Waals surface area contributed by atoms with E-state index in [1.165, 1.54) is 11.4 Å². The molecule has 0 bridgehead atoms. The van der Waals surface area contributed by atoms with Crippen LogP contribution in [0.25, 0.3) is 0 Å². The Labute approximate surface area is 126 Å².